The number of nitrogens with one attached hydrogen (secondary N) is 1. The first-order chi connectivity index (χ1) is 9.72. The molecule has 1 N–H and O–H groups in total. The molecule has 20 heavy (non-hydrogen) atoms. The number of nitrogens with zero attached hydrogens (tertiary/aromatic N) is 4. The van der Waals surface area contributed by atoms with E-state index in [4.69, 9.17) is 0 Å². The summed E-state index contributed by atoms with van der Waals surface area (Å²) in [6.07, 6.45) is 4.41. The average Bonchev–Trinajstić information content (AvgIpc) is 3.11. The summed E-state index contributed by atoms with van der Waals surface area (Å²) in [5.74, 6) is 0. The van der Waals surface area contributed by atoms with Gasteiger partial charge in [-0.25, -0.2) is 9.48 Å². The Labute approximate surface area is 117 Å². The SMILES string of the molecule is Cc1ccc(NC(=O)N2CCC(n3ccnn3)C2)cc1. The van der Waals surface area contributed by atoms with Crippen LogP contribution in [0.5, 0.6) is 0 Å². The topological polar surface area (TPSA) is 63.1 Å². The van der Waals surface area contributed by atoms with E-state index in [1.807, 2.05) is 47.0 Å². The van der Waals surface area contributed by atoms with Gasteiger partial charge in [-0.05, 0) is 25.5 Å². The highest BCUT2D eigenvalue weighted by molar-refractivity contribution is 5.89. The van der Waals surface area contributed by atoms with Gasteiger partial charge in [0, 0.05) is 25.0 Å². The molecule has 104 valence electrons. The van der Waals surface area contributed by atoms with E-state index in [1.54, 1.807) is 6.20 Å². The van der Waals surface area contributed by atoms with Crippen LogP contribution in [0.25, 0.3) is 0 Å². The predicted molar refractivity (Wildman–Crippen MR) is 75.4 cm³/mol. The van der Waals surface area contributed by atoms with E-state index in [-0.39, 0.29) is 12.1 Å². The Morgan fingerprint density at radius 2 is 2.15 bits per heavy atom. The van der Waals surface area contributed by atoms with Gasteiger partial charge in [-0.3, -0.25) is 0 Å². The smallest absolute Gasteiger partial charge is 0.321 e. The quantitative estimate of drug-likeness (QED) is 0.909. The van der Waals surface area contributed by atoms with Crippen LogP contribution in [-0.4, -0.2) is 39.0 Å². The Morgan fingerprint density at radius 1 is 1.35 bits per heavy atom. The molecular weight excluding hydrogens is 254 g/mol. The number of carbonyl (C=O) groups is 1. The average molecular weight is 271 g/mol. The number of rotatable bonds is 2. The highest BCUT2D eigenvalue weighted by Crippen LogP contribution is 2.21. The van der Waals surface area contributed by atoms with Gasteiger partial charge in [0.05, 0.1) is 12.2 Å². The molecule has 1 aromatic heterocycles. The number of urea groups is 1. The minimum absolute atomic E-state index is 0.0588. The van der Waals surface area contributed by atoms with Gasteiger partial charge < -0.3 is 10.2 Å². The lowest BCUT2D eigenvalue weighted by molar-refractivity contribution is 0.220. The fourth-order valence-corrected chi connectivity index (χ4v) is 2.39. The standard InChI is InChI=1S/C14H17N5O/c1-11-2-4-12(5-3-11)16-14(20)18-8-6-13(10-18)19-9-7-15-17-19/h2-5,7,9,13H,6,8,10H2,1H3,(H,16,20). The van der Waals surface area contributed by atoms with Crippen molar-refractivity contribution in [1.29, 1.82) is 0 Å². The Morgan fingerprint density at radius 3 is 2.85 bits per heavy atom. The lowest BCUT2D eigenvalue weighted by atomic mass is 10.2. The fraction of sp³-hybridized carbons (Fsp3) is 0.357. The van der Waals surface area contributed by atoms with Crippen molar-refractivity contribution in [1.82, 2.24) is 19.9 Å². The Balaban J connectivity index is 1.60. The Kier molecular flexibility index (Phi) is 3.37. The number of likely N-dealkylation sites (tertiary alicyclic amines) is 1. The first kappa shape index (κ1) is 12.7. The van der Waals surface area contributed by atoms with E-state index in [2.05, 4.69) is 15.6 Å². The van der Waals surface area contributed by atoms with Crippen LogP contribution >= 0.6 is 0 Å². The minimum atomic E-state index is -0.0588. The van der Waals surface area contributed by atoms with Crippen LogP contribution in [0.3, 0.4) is 0 Å². The first-order valence-corrected chi connectivity index (χ1v) is 6.71. The van der Waals surface area contributed by atoms with Crippen molar-refractivity contribution >= 4 is 11.7 Å². The molecule has 1 saturated heterocycles. The van der Waals surface area contributed by atoms with Gasteiger partial charge in [0.2, 0.25) is 0 Å². The van der Waals surface area contributed by atoms with Crippen molar-refractivity contribution in [3.63, 3.8) is 0 Å². The second-order valence-electron chi connectivity index (χ2n) is 5.07. The molecule has 2 aromatic rings. The van der Waals surface area contributed by atoms with Gasteiger partial charge >= 0.3 is 6.03 Å². The zero-order valence-corrected chi connectivity index (χ0v) is 11.4. The molecule has 2 heterocycles. The molecule has 2 amide bonds. The van der Waals surface area contributed by atoms with Gasteiger partial charge in [0.25, 0.3) is 0 Å². The van der Waals surface area contributed by atoms with E-state index in [0.29, 0.717) is 6.54 Å². The molecule has 6 heteroatoms. The second kappa shape index (κ2) is 5.32. The highest BCUT2D eigenvalue weighted by Gasteiger charge is 2.27. The van der Waals surface area contributed by atoms with Crippen LogP contribution in [0, 0.1) is 6.92 Å². The zero-order chi connectivity index (χ0) is 13.9. The molecule has 1 unspecified atom stereocenters. The van der Waals surface area contributed by atoms with E-state index in [1.165, 1.54) is 5.56 Å². The fourth-order valence-electron chi connectivity index (χ4n) is 2.39. The summed E-state index contributed by atoms with van der Waals surface area (Å²) in [7, 11) is 0. The normalized spacial score (nSPS) is 18.2. The van der Waals surface area contributed by atoms with Crippen molar-refractivity contribution in [2.24, 2.45) is 0 Å². The van der Waals surface area contributed by atoms with Crippen LogP contribution in [0.1, 0.15) is 18.0 Å². The molecule has 1 fully saturated rings. The maximum Gasteiger partial charge on any atom is 0.321 e. The van der Waals surface area contributed by atoms with E-state index >= 15 is 0 Å². The summed E-state index contributed by atoms with van der Waals surface area (Å²) in [5.41, 5.74) is 2.00. The number of amides is 2. The molecule has 1 aliphatic heterocycles. The van der Waals surface area contributed by atoms with Crippen LogP contribution in [0.2, 0.25) is 0 Å². The van der Waals surface area contributed by atoms with Gasteiger partial charge in [-0.1, -0.05) is 22.9 Å². The molecule has 1 aliphatic rings. The first-order valence-electron chi connectivity index (χ1n) is 6.71. The van der Waals surface area contributed by atoms with Crippen molar-refractivity contribution < 1.29 is 4.79 Å². The zero-order valence-electron chi connectivity index (χ0n) is 11.4. The van der Waals surface area contributed by atoms with Crippen LogP contribution < -0.4 is 5.32 Å². The maximum atomic E-state index is 12.2. The van der Waals surface area contributed by atoms with Crippen LogP contribution in [0.15, 0.2) is 36.7 Å². The third-order valence-corrected chi connectivity index (χ3v) is 3.57. The molecule has 0 aliphatic carbocycles. The number of benzene rings is 1. The predicted octanol–water partition coefficient (Wildman–Crippen LogP) is 2.07. The molecule has 6 nitrogen and oxygen atoms in total. The van der Waals surface area contributed by atoms with Gasteiger partial charge in [0.1, 0.15) is 0 Å². The molecular formula is C14H17N5O. The lowest BCUT2D eigenvalue weighted by Crippen LogP contribution is -2.33. The van der Waals surface area contributed by atoms with Gasteiger partial charge in [0.15, 0.2) is 0 Å². The number of anilines is 1. The Hall–Kier alpha value is -2.37. The summed E-state index contributed by atoms with van der Waals surface area (Å²) in [6, 6.07) is 7.96. The number of aromatic nitrogens is 3. The largest absolute Gasteiger partial charge is 0.322 e. The van der Waals surface area contributed by atoms with Gasteiger partial charge in [-0.2, -0.15) is 0 Å². The third kappa shape index (κ3) is 2.64. The maximum absolute atomic E-state index is 12.2. The van der Waals surface area contributed by atoms with Crippen molar-refractivity contribution in [3.05, 3.63) is 42.2 Å². The summed E-state index contributed by atoms with van der Waals surface area (Å²) in [5, 5.41) is 10.7. The molecule has 1 atom stereocenters. The van der Waals surface area contributed by atoms with Crippen molar-refractivity contribution in [3.8, 4) is 0 Å². The monoisotopic (exact) mass is 271 g/mol. The second-order valence-corrected chi connectivity index (χ2v) is 5.07. The molecule has 3 rings (SSSR count). The summed E-state index contributed by atoms with van der Waals surface area (Å²) in [6.45, 7) is 3.43. The van der Waals surface area contributed by atoms with E-state index in [9.17, 15) is 4.79 Å². The molecule has 0 saturated carbocycles. The number of aryl methyl sites for hydroxylation is 1. The van der Waals surface area contributed by atoms with Crippen LogP contribution in [0.4, 0.5) is 10.5 Å². The van der Waals surface area contributed by atoms with E-state index in [0.717, 1.165) is 18.7 Å². The number of hydrogen-bond donors (Lipinski definition) is 1. The summed E-state index contributed by atoms with van der Waals surface area (Å²) < 4.78 is 1.82. The molecule has 0 spiro atoms. The van der Waals surface area contributed by atoms with Gasteiger partial charge in [-0.15, -0.1) is 5.10 Å². The van der Waals surface area contributed by atoms with E-state index < -0.39 is 0 Å². The molecule has 0 radical (unpaired) electrons. The van der Waals surface area contributed by atoms with Crippen molar-refractivity contribution in [2.45, 2.75) is 19.4 Å². The minimum Gasteiger partial charge on any atom is -0.322 e. The number of carbonyl (C=O) groups excluding carboxylic acids is 1. The summed E-state index contributed by atoms with van der Waals surface area (Å²) >= 11 is 0. The third-order valence-electron chi connectivity index (χ3n) is 3.57. The Bertz CT molecular complexity index is 578. The van der Waals surface area contributed by atoms with Crippen LogP contribution in [-0.2, 0) is 0 Å². The van der Waals surface area contributed by atoms with Crippen molar-refractivity contribution in [2.75, 3.05) is 18.4 Å². The molecule has 1 aromatic carbocycles. The highest BCUT2D eigenvalue weighted by atomic mass is 16.2. The summed E-state index contributed by atoms with van der Waals surface area (Å²) in [4.78, 5) is 14.0. The molecule has 0 bridgehead atoms. The lowest BCUT2D eigenvalue weighted by Gasteiger charge is -2.17. The number of hydrogen-bond acceptors (Lipinski definition) is 3.